The highest BCUT2D eigenvalue weighted by atomic mass is 79.9. The molecule has 0 N–H and O–H groups in total. The lowest BCUT2D eigenvalue weighted by Crippen LogP contribution is -1.78. The number of hydrogen-bond acceptors (Lipinski definition) is 0. The highest BCUT2D eigenvalue weighted by Crippen LogP contribution is 2.07. The van der Waals surface area contributed by atoms with E-state index in [1.807, 2.05) is 0 Å². The molecule has 0 saturated heterocycles. The van der Waals surface area contributed by atoms with Crippen LogP contribution in [0, 0.1) is 0 Å². The molecule has 0 aliphatic heterocycles. The highest BCUT2D eigenvalue weighted by molar-refractivity contribution is 9.09. The van der Waals surface area contributed by atoms with Crippen LogP contribution >= 0.6 is 15.9 Å². The first kappa shape index (κ1) is 10.2. The number of rotatable bonds is 5. The molecule has 0 bridgehead atoms. The minimum Gasteiger partial charge on any atom is -0.0925 e. The molecule has 0 aromatic carbocycles. The van der Waals surface area contributed by atoms with Gasteiger partial charge in [0.25, 0.3) is 0 Å². The smallest absolute Gasteiger partial charge is 0.00660 e. The van der Waals surface area contributed by atoms with Gasteiger partial charge in [0.05, 0.1) is 0 Å². The zero-order valence-electron chi connectivity index (χ0n) is 6.99. The summed E-state index contributed by atoms with van der Waals surface area (Å²) in [5, 5.41) is 1.09. The molecule has 0 aliphatic rings. The van der Waals surface area contributed by atoms with Crippen molar-refractivity contribution in [1.82, 2.24) is 0 Å². The highest BCUT2D eigenvalue weighted by Gasteiger charge is 1.87. The summed E-state index contributed by atoms with van der Waals surface area (Å²) in [5.41, 5.74) is 1.54. The third-order valence-corrected chi connectivity index (χ3v) is 1.98. The van der Waals surface area contributed by atoms with Gasteiger partial charge in [-0.05, 0) is 26.2 Å². The quantitative estimate of drug-likeness (QED) is 0.471. The Bertz CT molecular complexity index is 94.9. The van der Waals surface area contributed by atoms with E-state index in [0.29, 0.717) is 0 Å². The predicted octanol–water partition coefficient (Wildman–Crippen LogP) is 3.91. The van der Waals surface area contributed by atoms with E-state index in [2.05, 4.69) is 35.9 Å². The second-order valence-corrected chi connectivity index (χ2v) is 3.42. The van der Waals surface area contributed by atoms with Crippen molar-refractivity contribution in [3.05, 3.63) is 11.6 Å². The van der Waals surface area contributed by atoms with Gasteiger partial charge in [0.2, 0.25) is 0 Å². The molecule has 0 rings (SSSR count). The van der Waals surface area contributed by atoms with Crippen LogP contribution in [0.5, 0.6) is 0 Å². The first-order valence-corrected chi connectivity index (χ1v) is 5.15. The second-order valence-electron chi connectivity index (χ2n) is 2.63. The third-order valence-electron chi connectivity index (χ3n) is 1.53. The van der Waals surface area contributed by atoms with E-state index >= 15 is 0 Å². The van der Waals surface area contributed by atoms with Crippen LogP contribution < -0.4 is 0 Å². The van der Waals surface area contributed by atoms with E-state index in [-0.39, 0.29) is 0 Å². The minimum absolute atomic E-state index is 1.09. The van der Waals surface area contributed by atoms with Gasteiger partial charge in [0, 0.05) is 5.33 Å². The molecule has 0 amide bonds. The van der Waals surface area contributed by atoms with Crippen LogP contribution in [0.25, 0.3) is 0 Å². The lowest BCUT2D eigenvalue weighted by atomic mass is 10.1. The standard InChI is InChI=1S/C9H17Br/c1-3-4-6-9(2)7-5-8-10/h7H,3-6,8H2,1-2H3/b9-7+. The molecule has 60 valence electrons. The van der Waals surface area contributed by atoms with Crippen LogP contribution in [-0.4, -0.2) is 5.33 Å². The molecule has 0 fully saturated rings. The third kappa shape index (κ3) is 6.34. The van der Waals surface area contributed by atoms with Crippen molar-refractivity contribution in [1.29, 1.82) is 0 Å². The maximum atomic E-state index is 3.40. The summed E-state index contributed by atoms with van der Waals surface area (Å²) >= 11 is 3.40. The van der Waals surface area contributed by atoms with Crippen LogP contribution in [0.2, 0.25) is 0 Å². The molecular weight excluding hydrogens is 188 g/mol. The molecule has 0 aromatic rings. The van der Waals surface area contributed by atoms with E-state index in [9.17, 15) is 0 Å². The lowest BCUT2D eigenvalue weighted by molar-refractivity contribution is 0.784. The molecule has 0 saturated carbocycles. The Kier molecular flexibility index (Phi) is 7.49. The van der Waals surface area contributed by atoms with E-state index in [1.54, 1.807) is 5.57 Å². The number of halogens is 1. The van der Waals surface area contributed by atoms with Crippen molar-refractivity contribution >= 4 is 15.9 Å². The SMILES string of the molecule is CCCC/C(C)=C/CCBr. The zero-order valence-corrected chi connectivity index (χ0v) is 8.58. The van der Waals surface area contributed by atoms with Crippen molar-refractivity contribution in [2.75, 3.05) is 5.33 Å². The average Bonchev–Trinajstić information content (AvgIpc) is 1.97. The van der Waals surface area contributed by atoms with Crippen molar-refractivity contribution < 1.29 is 0 Å². The average molecular weight is 205 g/mol. The van der Waals surface area contributed by atoms with Crippen molar-refractivity contribution in [2.45, 2.75) is 39.5 Å². The van der Waals surface area contributed by atoms with Gasteiger partial charge >= 0.3 is 0 Å². The molecule has 0 aliphatic carbocycles. The van der Waals surface area contributed by atoms with Gasteiger partial charge in [-0.3, -0.25) is 0 Å². The van der Waals surface area contributed by atoms with Crippen LogP contribution in [-0.2, 0) is 0 Å². The Labute approximate surface area is 72.8 Å². The normalized spacial score (nSPS) is 12.1. The fraction of sp³-hybridized carbons (Fsp3) is 0.778. The van der Waals surface area contributed by atoms with Gasteiger partial charge in [-0.25, -0.2) is 0 Å². The molecule has 1 heteroatoms. The predicted molar refractivity (Wildman–Crippen MR) is 51.7 cm³/mol. The number of alkyl halides is 1. The first-order chi connectivity index (χ1) is 4.81. The van der Waals surface area contributed by atoms with Gasteiger partial charge in [-0.2, -0.15) is 0 Å². The lowest BCUT2D eigenvalue weighted by Gasteiger charge is -1.97. The van der Waals surface area contributed by atoms with Gasteiger partial charge < -0.3 is 0 Å². The summed E-state index contributed by atoms with van der Waals surface area (Å²) in [6.07, 6.45) is 7.42. The summed E-state index contributed by atoms with van der Waals surface area (Å²) in [6.45, 7) is 4.45. The summed E-state index contributed by atoms with van der Waals surface area (Å²) < 4.78 is 0. The summed E-state index contributed by atoms with van der Waals surface area (Å²) in [4.78, 5) is 0. The Morgan fingerprint density at radius 3 is 2.70 bits per heavy atom. The molecule has 0 heterocycles. The van der Waals surface area contributed by atoms with E-state index in [0.717, 1.165) is 5.33 Å². The molecular formula is C9H17Br. The van der Waals surface area contributed by atoms with E-state index in [4.69, 9.17) is 0 Å². The number of hydrogen-bond donors (Lipinski definition) is 0. The maximum absolute atomic E-state index is 3.40. The molecule has 0 radical (unpaired) electrons. The summed E-state index contributed by atoms with van der Waals surface area (Å²) in [5.74, 6) is 0. The minimum atomic E-state index is 1.09. The zero-order chi connectivity index (χ0) is 7.82. The Morgan fingerprint density at radius 1 is 1.50 bits per heavy atom. The van der Waals surface area contributed by atoms with E-state index in [1.165, 1.54) is 25.7 Å². The largest absolute Gasteiger partial charge is 0.0925 e. The van der Waals surface area contributed by atoms with Crippen LogP contribution in [0.15, 0.2) is 11.6 Å². The number of unbranched alkanes of at least 4 members (excludes halogenated alkanes) is 1. The van der Waals surface area contributed by atoms with Crippen LogP contribution in [0.3, 0.4) is 0 Å². The molecule has 0 aromatic heterocycles. The molecule has 0 atom stereocenters. The molecule has 0 nitrogen and oxygen atoms in total. The van der Waals surface area contributed by atoms with Gasteiger partial charge in [0.1, 0.15) is 0 Å². The van der Waals surface area contributed by atoms with Gasteiger partial charge in [-0.15, -0.1) is 0 Å². The first-order valence-electron chi connectivity index (χ1n) is 4.02. The Balaban J connectivity index is 3.30. The van der Waals surface area contributed by atoms with E-state index < -0.39 is 0 Å². The van der Waals surface area contributed by atoms with Crippen LogP contribution in [0.1, 0.15) is 39.5 Å². The topological polar surface area (TPSA) is 0 Å². The summed E-state index contributed by atoms with van der Waals surface area (Å²) in [7, 11) is 0. The molecule has 0 spiro atoms. The summed E-state index contributed by atoms with van der Waals surface area (Å²) in [6, 6.07) is 0. The Morgan fingerprint density at radius 2 is 2.20 bits per heavy atom. The van der Waals surface area contributed by atoms with Crippen LogP contribution in [0.4, 0.5) is 0 Å². The van der Waals surface area contributed by atoms with Crippen molar-refractivity contribution in [3.63, 3.8) is 0 Å². The van der Waals surface area contributed by atoms with Crippen molar-refractivity contribution in [3.8, 4) is 0 Å². The Hall–Kier alpha value is 0.220. The fourth-order valence-corrected chi connectivity index (χ4v) is 1.09. The second kappa shape index (κ2) is 7.33. The molecule has 10 heavy (non-hydrogen) atoms. The number of allylic oxidation sites excluding steroid dienone is 2. The van der Waals surface area contributed by atoms with Crippen molar-refractivity contribution in [2.24, 2.45) is 0 Å². The maximum Gasteiger partial charge on any atom is 0.00660 e. The van der Waals surface area contributed by atoms with Gasteiger partial charge in [-0.1, -0.05) is 40.9 Å². The molecule has 0 unspecified atom stereocenters. The fourth-order valence-electron chi connectivity index (χ4n) is 0.859. The van der Waals surface area contributed by atoms with Gasteiger partial charge in [0.15, 0.2) is 0 Å². The monoisotopic (exact) mass is 204 g/mol.